The third kappa shape index (κ3) is 5.24. The molecule has 0 radical (unpaired) electrons. The first-order valence-electron chi connectivity index (χ1n) is 10.4. The van der Waals surface area contributed by atoms with Crippen LogP contribution in [-0.4, -0.2) is 5.52 Å². The molecule has 28 heavy (non-hydrogen) atoms. The molecule has 0 heterocycles. The maximum absolute atomic E-state index is 11.7. The fraction of sp³-hybridized carbons (Fsp3) is 0.577. The molecule has 0 N–H and O–H groups in total. The topological polar surface area (TPSA) is 17.1 Å². The van der Waals surface area contributed by atoms with Gasteiger partial charge in [-0.25, -0.2) is 0 Å². The lowest BCUT2D eigenvalue weighted by molar-refractivity contribution is -0.108. The standard InChI is InChI=1S/C26H41OP/c1-15-13-12-14-26(10,11)24(15)22(8)20(6)18(4)16(2)17(3)19(5)21(7)23(9)25(27)28/h12-14,28H2,1-11H3/b18-16-,19-17+,22-20+,23-21+. The van der Waals surface area contributed by atoms with E-state index < -0.39 is 0 Å². The van der Waals surface area contributed by atoms with Crippen molar-refractivity contribution < 1.29 is 4.79 Å². The van der Waals surface area contributed by atoms with Crippen LogP contribution < -0.4 is 0 Å². The van der Waals surface area contributed by atoms with E-state index in [4.69, 9.17) is 0 Å². The maximum atomic E-state index is 11.7. The molecule has 1 rings (SSSR count). The molecule has 0 saturated heterocycles. The molecule has 1 unspecified atom stereocenters. The van der Waals surface area contributed by atoms with E-state index in [9.17, 15) is 4.79 Å². The number of carbonyl (C=O) groups is 1. The second-order valence-electron chi connectivity index (χ2n) is 9.26. The molecule has 0 fully saturated rings. The smallest absolute Gasteiger partial charge is 0.174 e. The predicted octanol–water partition coefficient (Wildman–Crippen LogP) is 8.26. The highest BCUT2D eigenvalue weighted by Gasteiger charge is 2.30. The molecule has 0 aromatic rings. The van der Waals surface area contributed by atoms with E-state index in [0.717, 1.165) is 11.1 Å². The van der Waals surface area contributed by atoms with Crippen LogP contribution in [0.4, 0.5) is 0 Å². The zero-order valence-electron chi connectivity index (χ0n) is 20.1. The molecule has 1 atom stereocenters. The Morgan fingerprint density at radius 2 is 1.14 bits per heavy atom. The van der Waals surface area contributed by atoms with E-state index in [1.807, 2.05) is 13.8 Å². The number of allylic oxidation sites excluding steroid dienone is 10. The summed E-state index contributed by atoms with van der Waals surface area (Å²) in [4.78, 5) is 11.7. The fourth-order valence-corrected chi connectivity index (χ4v) is 4.73. The Balaban J connectivity index is 3.56. The Hall–Kier alpha value is -1.20. The van der Waals surface area contributed by atoms with Gasteiger partial charge in [-0.1, -0.05) is 28.7 Å². The highest BCUT2D eigenvalue weighted by molar-refractivity contribution is 7.41. The summed E-state index contributed by atoms with van der Waals surface area (Å²) in [6.45, 7) is 24.4. The van der Waals surface area contributed by atoms with Crippen molar-refractivity contribution in [3.63, 3.8) is 0 Å². The SMILES string of the molecule is CC1=C(/C(C)=C(C)/C(C)=C(C)\C(C)=C(C)\C(C)=C(/C)C(=O)P)C(C)(C)CCC1. The first-order valence-corrected chi connectivity index (χ1v) is 11.0. The Morgan fingerprint density at radius 1 is 0.750 bits per heavy atom. The number of rotatable bonds is 5. The summed E-state index contributed by atoms with van der Waals surface area (Å²) < 4.78 is 0. The zero-order chi connectivity index (χ0) is 22.0. The summed E-state index contributed by atoms with van der Waals surface area (Å²) in [6, 6.07) is 0. The Bertz CT molecular complexity index is 822. The second-order valence-corrected chi connectivity index (χ2v) is 9.78. The molecule has 156 valence electrons. The summed E-state index contributed by atoms with van der Waals surface area (Å²) >= 11 is 0. The second kappa shape index (κ2) is 9.53. The summed E-state index contributed by atoms with van der Waals surface area (Å²) in [5.74, 6) is 0. The van der Waals surface area contributed by atoms with Gasteiger partial charge in [0.05, 0.1) is 0 Å². The van der Waals surface area contributed by atoms with Gasteiger partial charge >= 0.3 is 0 Å². The van der Waals surface area contributed by atoms with Crippen molar-refractivity contribution in [2.75, 3.05) is 0 Å². The van der Waals surface area contributed by atoms with Gasteiger partial charge in [0.15, 0.2) is 5.52 Å². The van der Waals surface area contributed by atoms with Crippen LogP contribution in [0.25, 0.3) is 0 Å². The van der Waals surface area contributed by atoms with Gasteiger partial charge in [-0.05, 0) is 137 Å². The van der Waals surface area contributed by atoms with Gasteiger partial charge < -0.3 is 0 Å². The number of hydrogen-bond acceptors (Lipinski definition) is 1. The molecule has 1 nitrogen and oxygen atoms in total. The van der Waals surface area contributed by atoms with E-state index in [-0.39, 0.29) is 10.9 Å². The largest absolute Gasteiger partial charge is 0.290 e. The van der Waals surface area contributed by atoms with Crippen molar-refractivity contribution in [2.24, 2.45) is 5.41 Å². The fourth-order valence-electron chi connectivity index (χ4n) is 4.51. The highest BCUT2D eigenvalue weighted by atomic mass is 31.0. The minimum absolute atomic E-state index is 0.0665. The molecule has 0 amide bonds. The van der Waals surface area contributed by atoms with E-state index in [2.05, 4.69) is 71.6 Å². The third-order valence-electron chi connectivity index (χ3n) is 7.14. The molecule has 1 aliphatic carbocycles. The lowest BCUT2D eigenvalue weighted by atomic mass is 9.69. The van der Waals surface area contributed by atoms with Crippen molar-refractivity contribution in [3.05, 3.63) is 55.7 Å². The quantitative estimate of drug-likeness (QED) is 0.258. The average molecular weight is 401 g/mol. The van der Waals surface area contributed by atoms with E-state index in [1.54, 1.807) is 11.1 Å². The first-order chi connectivity index (χ1) is 12.7. The van der Waals surface area contributed by atoms with Crippen molar-refractivity contribution in [1.29, 1.82) is 0 Å². The summed E-state index contributed by atoms with van der Waals surface area (Å²) in [7, 11) is 2.28. The monoisotopic (exact) mass is 400 g/mol. The maximum Gasteiger partial charge on any atom is 0.174 e. The Morgan fingerprint density at radius 3 is 1.54 bits per heavy atom. The van der Waals surface area contributed by atoms with Crippen LogP contribution in [0.3, 0.4) is 0 Å². The molecule has 0 aliphatic heterocycles. The molecule has 0 saturated carbocycles. The van der Waals surface area contributed by atoms with E-state index in [0.29, 0.717) is 0 Å². The molecular formula is C26H41OP. The van der Waals surface area contributed by atoms with Crippen molar-refractivity contribution in [1.82, 2.24) is 0 Å². The van der Waals surface area contributed by atoms with Crippen LogP contribution in [0.15, 0.2) is 55.7 Å². The molecule has 0 aromatic heterocycles. The van der Waals surface area contributed by atoms with Gasteiger partial charge in [0.25, 0.3) is 0 Å². The molecule has 0 spiro atoms. The van der Waals surface area contributed by atoms with Gasteiger partial charge in [0, 0.05) is 0 Å². The van der Waals surface area contributed by atoms with Gasteiger partial charge in [-0.15, -0.1) is 0 Å². The highest BCUT2D eigenvalue weighted by Crippen LogP contribution is 2.45. The van der Waals surface area contributed by atoms with Crippen molar-refractivity contribution >= 4 is 14.8 Å². The first kappa shape index (κ1) is 24.8. The average Bonchev–Trinajstić information content (AvgIpc) is 2.62. The molecular weight excluding hydrogens is 359 g/mol. The van der Waals surface area contributed by atoms with Crippen LogP contribution in [0.2, 0.25) is 0 Å². The van der Waals surface area contributed by atoms with E-state index in [1.165, 1.54) is 52.7 Å². The zero-order valence-corrected chi connectivity index (χ0v) is 21.3. The van der Waals surface area contributed by atoms with Crippen molar-refractivity contribution in [2.45, 2.75) is 95.4 Å². The van der Waals surface area contributed by atoms with Crippen LogP contribution in [-0.2, 0) is 4.79 Å². The van der Waals surface area contributed by atoms with Crippen molar-refractivity contribution in [3.8, 4) is 0 Å². The number of carbonyl (C=O) groups excluding carboxylic acids is 1. The van der Waals surface area contributed by atoms with Crippen LogP contribution in [0.5, 0.6) is 0 Å². The number of hydrogen-bond donors (Lipinski definition) is 0. The summed E-state index contributed by atoms with van der Waals surface area (Å²) in [5, 5.41) is 0. The Kier molecular flexibility index (Phi) is 8.46. The van der Waals surface area contributed by atoms with E-state index >= 15 is 0 Å². The molecule has 0 bridgehead atoms. The van der Waals surface area contributed by atoms with Crippen LogP contribution in [0, 0.1) is 5.41 Å². The minimum Gasteiger partial charge on any atom is -0.290 e. The predicted molar refractivity (Wildman–Crippen MR) is 129 cm³/mol. The normalized spacial score (nSPS) is 20.9. The lowest BCUT2D eigenvalue weighted by Crippen LogP contribution is -2.21. The lowest BCUT2D eigenvalue weighted by Gasteiger charge is -2.36. The Labute approximate surface area is 176 Å². The molecule has 1 aliphatic rings. The van der Waals surface area contributed by atoms with Gasteiger partial charge in [-0.2, -0.15) is 0 Å². The third-order valence-corrected chi connectivity index (χ3v) is 7.57. The van der Waals surface area contributed by atoms with Gasteiger partial charge in [-0.3, -0.25) is 4.79 Å². The minimum atomic E-state index is 0.0665. The van der Waals surface area contributed by atoms with Crippen LogP contribution in [0.1, 0.15) is 95.4 Å². The van der Waals surface area contributed by atoms with Gasteiger partial charge in [0.2, 0.25) is 0 Å². The molecule has 2 heteroatoms. The van der Waals surface area contributed by atoms with Crippen LogP contribution >= 0.6 is 9.24 Å². The molecule has 0 aromatic carbocycles. The van der Waals surface area contributed by atoms with Gasteiger partial charge in [0.1, 0.15) is 0 Å². The summed E-state index contributed by atoms with van der Waals surface area (Å²) in [5.41, 5.74) is 13.3. The summed E-state index contributed by atoms with van der Waals surface area (Å²) in [6.07, 6.45) is 3.77.